The molecule has 0 radical (unpaired) electrons. The number of nitrogens with one attached hydrogen (secondary N) is 1. The number of amides is 1. The van der Waals surface area contributed by atoms with Gasteiger partial charge in [0.1, 0.15) is 13.2 Å². The lowest BCUT2D eigenvalue weighted by atomic mass is 9.54. The lowest BCUT2D eigenvalue weighted by molar-refractivity contribution is -0.142. The lowest BCUT2D eigenvalue weighted by Gasteiger charge is -2.50. The predicted octanol–water partition coefficient (Wildman–Crippen LogP) is 6.25. The second kappa shape index (κ2) is 11.7. The van der Waals surface area contributed by atoms with E-state index in [1.54, 1.807) is 18.2 Å². The van der Waals surface area contributed by atoms with E-state index in [-0.39, 0.29) is 11.3 Å². The number of halogens is 1. The number of rotatable bonds is 8. The van der Waals surface area contributed by atoms with E-state index >= 15 is 0 Å². The van der Waals surface area contributed by atoms with Crippen molar-refractivity contribution < 1.29 is 19.5 Å². The summed E-state index contributed by atoms with van der Waals surface area (Å²) in [6.07, 6.45) is 8.06. The molecular formula is C30H39IN4O4S. The van der Waals surface area contributed by atoms with Crippen LogP contribution in [0.1, 0.15) is 79.0 Å². The molecule has 0 bridgehead atoms. The molecule has 8 nitrogen and oxygen atoms in total. The highest BCUT2D eigenvalue weighted by Gasteiger charge is 2.57. The van der Waals surface area contributed by atoms with E-state index in [9.17, 15) is 14.7 Å². The second-order valence-electron chi connectivity index (χ2n) is 12.1. The molecule has 0 saturated heterocycles. The van der Waals surface area contributed by atoms with Crippen LogP contribution in [0.3, 0.4) is 0 Å². The molecule has 1 amide bonds. The smallest absolute Gasteiger partial charge is 0.325 e. The number of carboxylic acids is 1. The van der Waals surface area contributed by atoms with Crippen LogP contribution in [0.5, 0.6) is 0 Å². The third kappa shape index (κ3) is 5.43. The Morgan fingerprint density at radius 3 is 2.77 bits per heavy atom. The van der Waals surface area contributed by atoms with Gasteiger partial charge in [0, 0.05) is 26.5 Å². The van der Waals surface area contributed by atoms with Crippen LogP contribution in [0.25, 0.3) is 0 Å². The van der Waals surface area contributed by atoms with Gasteiger partial charge in [-0.2, -0.15) is 0 Å². The second-order valence-corrected chi connectivity index (χ2v) is 14.5. The predicted molar refractivity (Wildman–Crippen MR) is 166 cm³/mol. The summed E-state index contributed by atoms with van der Waals surface area (Å²) >= 11 is 3.82. The third-order valence-electron chi connectivity index (χ3n) is 9.57. The van der Waals surface area contributed by atoms with E-state index in [1.165, 1.54) is 22.5 Å². The van der Waals surface area contributed by atoms with Crippen molar-refractivity contribution in [2.24, 2.45) is 28.3 Å². The number of thiazole rings is 1. The Labute approximate surface area is 254 Å². The molecule has 2 aromatic rings. The fourth-order valence-corrected chi connectivity index (χ4v) is 9.43. The van der Waals surface area contributed by atoms with Gasteiger partial charge >= 0.3 is 5.97 Å². The van der Waals surface area contributed by atoms with E-state index in [4.69, 9.17) is 4.84 Å². The van der Waals surface area contributed by atoms with Crippen molar-refractivity contribution in [2.75, 3.05) is 26.5 Å². The third-order valence-corrected chi connectivity index (χ3v) is 11.3. The number of benzene rings is 1. The van der Waals surface area contributed by atoms with Crippen molar-refractivity contribution in [3.8, 4) is 0 Å². The molecule has 216 valence electrons. The van der Waals surface area contributed by atoms with Crippen LogP contribution < -0.4 is 5.32 Å². The summed E-state index contributed by atoms with van der Waals surface area (Å²) < 4.78 is 1.02. The monoisotopic (exact) mass is 678 g/mol. The van der Waals surface area contributed by atoms with Gasteiger partial charge in [-0.15, -0.1) is 11.3 Å². The first kappa shape index (κ1) is 29.4. The molecule has 40 heavy (non-hydrogen) atoms. The summed E-state index contributed by atoms with van der Waals surface area (Å²) in [7, 11) is 5.27. The van der Waals surface area contributed by atoms with Gasteiger partial charge in [0.05, 0.1) is 5.71 Å². The summed E-state index contributed by atoms with van der Waals surface area (Å²) in [4.78, 5) is 37.4. The zero-order valence-corrected chi connectivity index (χ0v) is 26.8. The molecule has 2 N–H and O–H groups in total. The van der Waals surface area contributed by atoms with Crippen LogP contribution in [0.4, 0.5) is 5.13 Å². The quantitative estimate of drug-likeness (QED) is 0.253. The number of carboxylic acid groups (broad SMARTS) is 1. The zero-order valence-electron chi connectivity index (χ0n) is 23.9. The summed E-state index contributed by atoms with van der Waals surface area (Å²) in [6.45, 7) is 4.35. The number of aryl methyl sites for hydroxylation is 2. The van der Waals surface area contributed by atoms with Crippen LogP contribution >= 0.6 is 33.9 Å². The summed E-state index contributed by atoms with van der Waals surface area (Å²) in [5.41, 5.74) is 4.68. The maximum atomic E-state index is 12.8. The number of oxime groups is 1. The minimum atomic E-state index is -0.822. The number of fused-ring (bicyclic) bond motifs is 5. The summed E-state index contributed by atoms with van der Waals surface area (Å²) in [6, 6.07) is 3.77. The van der Waals surface area contributed by atoms with Gasteiger partial charge in [-0.1, -0.05) is 18.1 Å². The Kier molecular flexibility index (Phi) is 8.60. The molecule has 0 spiro atoms. The Bertz CT molecular complexity index is 1330. The largest absolute Gasteiger partial charge is 0.480 e. The first-order valence-electron chi connectivity index (χ1n) is 14.1. The molecule has 1 heterocycles. The Morgan fingerprint density at radius 1 is 1.35 bits per heavy atom. The molecule has 10 heteroatoms. The summed E-state index contributed by atoms with van der Waals surface area (Å²) in [5, 5.41) is 18.1. The molecule has 0 aliphatic heterocycles. The van der Waals surface area contributed by atoms with E-state index < -0.39 is 12.0 Å². The van der Waals surface area contributed by atoms with Crippen molar-refractivity contribution in [2.45, 2.75) is 70.8 Å². The van der Waals surface area contributed by atoms with E-state index in [0.29, 0.717) is 35.2 Å². The zero-order chi connectivity index (χ0) is 28.8. The highest BCUT2D eigenvalue weighted by Crippen LogP contribution is 2.62. The van der Waals surface area contributed by atoms with Gasteiger partial charge in [0.15, 0.2) is 5.13 Å². The summed E-state index contributed by atoms with van der Waals surface area (Å²) in [5.74, 6) is 0.914. The van der Waals surface area contributed by atoms with Crippen molar-refractivity contribution >= 4 is 56.6 Å². The average Bonchev–Trinajstić information content (AvgIpc) is 3.42. The number of carbonyl (C=O) groups is 2. The molecule has 5 rings (SSSR count). The van der Waals surface area contributed by atoms with Crippen molar-refractivity contribution in [1.29, 1.82) is 0 Å². The van der Waals surface area contributed by atoms with E-state index in [0.717, 1.165) is 58.2 Å². The van der Waals surface area contributed by atoms with Gasteiger partial charge in [0.25, 0.3) is 0 Å². The first-order chi connectivity index (χ1) is 19.0. The number of likely N-dealkylation sites (N-methyl/N-ethyl adjacent to an activating group) is 1. The molecule has 6 atom stereocenters. The molecule has 2 fully saturated rings. The van der Waals surface area contributed by atoms with Crippen LogP contribution in [0.15, 0.2) is 23.5 Å². The minimum absolute atomic E-state index is 0.0190. The van der Waals surface area contributed by atoms with Crippen molar-refractivity contribution in [3.63, 3.8) is 0 Å². The number of hydrogen-bond acceptors (Lipinski definition) is 7. The van der Waals surface area contributed by atoms with E-state index in [2.05, 4.69) is 57.1 Å². The highest BCUT2D eigenvalue weighted by atomic mass is 127. The van der Waals surface area contributed by atoms with Gasteiger partial charge in [-0.3, -0.25) is 14.5 Å². The number of nitrogens with zero attached hydrogens (tertiary/aromatic N) is 3. The number of aromatic nitrogens is 1. The van der Waals surface area contributed by atoms with Crippen LogP contribution in [0, 0.1) is 33.7 Å². The molecule has 3 aliphatic carbocycles. The number of hydrogen-bond donors (Lipinski definition) is 2. The van der Waals surface area contributed by atoms with Crippen LogP contribution in [-0.4, -0.2) is 53.8 Å². The standard InChI is InChI=1S/C30H39IN4O4S/c1-16-15-32-29(40-16)33-25(36)9-7-18-13-24(34-39-5)30(2)11-10-19-20(26(18)30)8-6-17-12-22(23(31)14-21(17)19)27(28(37)38)35(3)4/h12,14-15,18-20,26-27H,6-11,13H2,1-5H3,(H,37,38)(H,32,33,36)/t18-,19?,20?,26?,27?,30-/m1/s1. The maximum Gasteiger partial charge on any atom is 0.325 e. The highest BCUT2D eigenvalue weighted by molar-refractivity contribution is 14.1. The molecule has 4 unspecified atom stereocenters. The number of anilines is 1. The van der Waals surface area contributed by atoms with Crippen LogP contribution in [0.2, 0.25) is 0 Å². The Morgan fingerprint density at radius 2 is 2.12 bits per heavy atom. The molecule has 3 aliphatic rings. The van der Waals surface area contributed by atoms with Crippen LogP contribution in [-0.2, 0) is 20.8 Å². The number of aliphatic carboxylic acids is 1. The topological polar surface area (TPSA) is 104 Å². The Hall–Kier alpha value is -2.05. The SMILES string of the molecule is CON=C1C[C@@H](CCC(=O)Nc2ncc(C)s2)C2C3CCc4cc(C(C(=O)O)N(C)C)c(I)cc4C3CC[C@]12C. The Balaban J connectivity index is 1.41. The average molecular weight is 679 g/mol. The maximum absolute atomic E-state index is 12.8. The molecule has 2 saturated carbocycles. The van der Waals surface area contributed by atoms with E-state index in [1.807, 2.05) is 21.0 Å². The van der Waals surface area contributed by atoms with Crippen molar-refractivity contribution in [3.05, 3.63) is 43.5 Å². The normalized spacial score (nSPS) is 29.0. The minimum Gasteiger partial charge on any atom is -0.480 e. The van der Waals surface area contributed by atoms with Gasteiger partial charge < -0.3 is 15.3 Å². The van der Waals surface area contributed by atoms with Gasteiger partial charge in [-0.05, 0) is 129 Å². The molecule has 1 aromatic carbocycles. The molecular weight excluding hydrogens is 639 g/mol. The molecule has 1 aromatic heterocycles. The number of carbonyl (C=O) groups excluding carboxylic acids is 1. The fourth-order valence-electron chi connectivity index (χ4n) is 7.96. The lowest BCUT2D eigenvalue weighted by Crippen LogP contribution is -2.44. The van der Waals surface area contributed by atoms with Gasteiger partial charge in [0.2, 0.25) is 5.91 Å². The first-order valence-corrected chi connectivity index (χ1v) is 16.0. The van der Waals surface area contributed by atoms with Gasteiger partial charge in [-0.25, -0.2) is 4.98 Å². The fraction of sp³-hybridized carbons (Fsp3) is 0.600. The van der Waals surface area contributed by atoms with Crippen molar-refractivity contribution in [1.82, 2.24) is 9.88 Å².